The molecule has 0 radical (unpaired) electrons. The summed E-state index contributed by atoms with van der Waals surface area (Å²) in [6.07, 6.45) is 4.76. The zero-order valence-electron chi connectivity index (χ0n) is 26.8. The number of aromatic nitrogens is 1. The van der Waals surface area contributed by atoms with Crippen LogP contribution in [0.4, 0.5) is 0 Å². The molecule has 2 amide bonds. The van der Waals surface area contributed by atoms with Crippen LogP contribution in [0.1, 0.15) is 73.7 Å². The number of carbonyl (C=O) groups excluding carboxylic acids is 2. The lowest BCUT2D eigenvalue weighted by molar-refractivity contribution is -0.245. The molecule has 0 unspecified atom stereocenters. The molecular formula is C38H43N3O5S. The summed E-state index contributed by atoms with van der Waals surface area (Å²) in [7, 11) is 0. The van der Waals surface area contributed by atoms with Crippen molar-refractivity contribution < 1.29 is 24.2 Å². The van der Waals surface area contributed by atoms with E-state index in [-0.39, 0.29) is 30.6 Å². The summed E-state index contributed by atoms with van der Waals surface area (Å²) in [6, 6.07) is 30.3. The summed E-state index contributed by atoms with van der Waals surface area (Å²) in [6.45, 7) is 2.62. The van der Waals surface area contributed by atoms with Crippen molar-refractivity contribution >= 4 is 23.6 Å². The van der Waals surface area contributed by atoms with Crippen molar-refractivity contribution in [2.24, 2.45) is 0 Å². The minimum Gasteiger partial charge on any atom is -0.392 e. The molecule has 1 aliphatic rings. The summed E-state index contributed by atoms with van der Waals surface area (Å²) in [5, 5.41) is 16.3. The van der Waals surface area contributed by atoms with E-state index in [2.05, 4.69) is 39.9 Å². The number of nitrogens with zero attached hydrogens (tertiary/aromatic N) is 1. The third-order valence-electron chi connectivity index (χ3n) is 8.03. The van der Waals surface area contributed by atoms with Gasteiger partial charge in [0.05, 0.1) is 23.8 Å². The number of hydrogen-bond acceptors (Lipinski definition) is 7. The van der Waals surface area contributed by atoms with Gasteiger partial charge < -0.3 is 25.2 Å². The Labute approximate surface area is 281 Å². The fraction of sp³-hybridized carbons (Fsp3) is 0.342. The lowest BCUT2D eigenvalue weighted by Gasteiger charge is -2.36. The molecule has 1 aliphatic heterocycles. The fourth-order valence-electron chi connectivity index (χ4n) is 5.50. The zero-order valence-corrected chi connectivity index (χ0v) is 27.6. The molecule has 1 saturated heterocycles. The number of aliphatic hydroxyl groups is 1. The van der Waals surface area contributed by atoms with E-state index in [0.29, 0.717) is 25.9 Å². The molecule has 0 saturated carbocycles. The summed E-state index contributed by atoms with van der Waals surface area (Å²) in [4.78, 5) is 27.8. The first-order valence-corrected chi connectivity index (χ1v) is 17.2. The van der Waals surface area contributed by atoms with Crippen molar-refractivity contribution in [1.29, 1.82) is 0 Å². The highest BCUT2D eigenvalue weighted by atomic mass is 32.2. The van der Waals surface area contributed by atoms with Crippen LogP contribution in [0.5, 0.6) is 0 Å². The van der Waals surface area contributed by atoms with Crippen molar-refractivity contribution in [3.63, 3.8) is 0 Å². The molecule has 0 aliphatic carbocycles. The summed E-state index contributed by atoms with van der Waals surface area (Å²) < 4.78 is 13.1. The van der Waals surface area contributed by atoms with Gasteiger partial charge in [0.2, 0.25) is 11.8 Å². The first kappa shape index (κ1) is 34.3. The van der Waals surface area contributed by atoms with Crippen LogP contribution in [-0.4, -0.2) is 40.3 Å². The zero-order chi connectivity index (χ0) is 32.8. The largest absolute Gasteiger partial charge is 0.392 e. The van der Waals surface area contributed by atoms with Gasteiger partial charge in [-0.1, -0.05) is 73.2 Å². The number of nitrogens with one attached hydrogen (secondary N) is 2. The standard InChI is InChI=1S/C38H43N3O5S/c1-27(43)39-19-5-2-3-13-36(44)41-24-29-9-7-10-31(21-29)32-11-8-12-33(22-32)38-45-34(26-47-37-14-4-6-20-40-37)23-35(46-38)30-17-15-28(25-42)16-18-30/h4,6-12,14-18,20-22,34-35,38,42H,2-3,5,13,19,23-26H2,1H3,(H,39,43)(H,41,44)/t34-,35+,38+/m0/s1. The first-order valence-electron chi connectivity index (χ1n) is 16.2. The Morgan fingerprint density at radius 2 is 1.66 bits per heavy atom. The highest BCUT2D eigenvalue weighted by Crippen LogP contribution is 2.40. The Bertz CT molecular complexity index is 1580. The summed E-state index contributed by atoms with van der Waals surface area (Å²) >= 11 is 1.68. The second kappa shape index (κ2) is 17.8. The van der Waals surface area contributed by atoms with E-state index in [4.69, 9.17) is 9.47 Å². The molecule has 2 heterocycles. The molecule has 8 nitrogen and oxygen atoms in total. The lowest BCUT2D eigenvalue weighted by Crippen LogP contribution is -2.31. The van der Waals surface area contributed by atoms with Gasteiger partial charge in [0.25, 0.3) is 0 Å². The highest BCUT2D eigenvalue weighted by molar-refractivity contribution is 7.99. The molecule has 3 aromatic carbocycles. The number of thioether (sulfide) groups is 1. The Hall–Kier alpha value is -4.02. The predicted molar refractivity (Wildman–Crippen MR) is 184 cm³/mol. The van der Waals surface area contributed by atoms with Crippen LogP contribution in [0.15, 0.2) is 102 Å². The van der Waals surface area contributed by atoms with E-state index >= 15 is 0 Å². The van der Waals surface area contributed by atoms with Crippen molar-refractivity contribution in [3.05, 3.63) is 119 Å². The maximum Gasteiger partial charge on any atom is 0.220 e. The molecule has 3 N–H and O–H groups in total. The topological polar surface area (TPSA) is 110 Å². The molecule has 47 heavy (non-hydrogen) atoms. The number of unbranched alkanes of at least 4 members (excludes halogenated alkanes) is 2. The van der Waals surface area contributed by atoms with Crippen LogP contribution in [0, 0.1) is 0 Å². The summed E-state index contributed by atoms with van der Waals surface area (Å²) in [5.74, 6) is 0.745. The van der Waals surface area contributed by atoms with Crippen LogP contribution >= 0.6 is 11.8 Å². The van der Waals surface area contributed by atoms with E-state index in [1.54, 1.807) is 18.0 Å². The SMILES string of the molecule is CC(=O)NCCCCCC(=O)NCc1cccc(-c2cccc([C@@H]3O[C@H](CSc4ccccn4)C[C@H](c4ccc(CO)cc4)O3)c2)c1. The third kappa shape index (κ3) is 10.8. The average Bonchev–Trinajstić information content (AvgIpc) is 3.11. The molecular weight excluding hydrogens is 611 g/mol. The van der Waals surface area contributed by atoms with Gasteiger partial charge in [-0.2, -0.15) is 0 Å². The van der Waals surface area contributed by atoms with Gasteiger partial charge in [-0.05, 0) is 64.9 Å². The minimum atomic E-state index is -0.554. The molecule has 0 spiro atoms. The van der Waals surface area contributed by atoms with E-state index in [1.807, 2.05) is 66.7 Å². The maximum absolute atomic E-state index is 12.4. The number of ether oxygens (including phenoxy) is 2. The van der Waals surface area contributed by atoms with Crippen molar-refractivity contribution in [3.8, 4) is 11.1 Å². The minimum absolute atomic E-state index is 0.00334. The molecule has 5 rings (SSSR count). The Balaban J connectivity index is 1.23. The van der Waals surface area contributed by atoms with Crippen molar-refractivity contribution in [2.75, 3.05) is 12.3 Å². The quantitative estimate of drug-likeness (QED) is 0.0947. The van der Waals surface area contributed by atoms with E-state index in [1.165, 1.54) is 6.92 Å². The van der Waals surface area contributed by atoms with Crippen LogP contribution in [-0.2, 0) is 32.2 Å². The Kier molecular flexibility index (Phi) is 13.0. The van der Waals surface area contributed by atoms with Crippen LogP contribution in [0.25, 0.3) is 11.1 Å². The smallest absolute Gasteiger partial charge is 0.220 e. The van der Waals surface area contributed by atoms with E-state index in [0.717, 1.165) is 63.4 Å². The lowest BCUT2D eigenvalue weighted by atomic mass is 9.99. The Morgan fingerprint density at radius 1 is 0.851 bits per heavy atom. The van der Waals surface area contributed by atoms with Crippen LogP contribution in [0.3, 0.4) is 0 Å². The molecule has 9 heteroatoms. The van der Waals surface area contributed by atoms with Gasteiger partial charge in [0.15, 0.2) is 6.29 Å². The number of amides is 2. The third-order valence-corrected chi connectivity index (χ3v) is 9.11. The summed E-state index contributed by atoms with van der Waals surface area (Å²) in [5.41, 5.74) is 5.96. The molecule has 4 aromatic rings. The maximum atomic E-state index is 12.4. The number of pyridine rings is 1. The first-order chi connectivity index (χ1) is 23.0. The monoisotopic (exact) mass is 653 g/mol. The van der Waals surface area contributed by atoms with E-state index in [9.17, 15) is 14.7 Å². The van der Waals surface area contributed by atoms with Gasteiger partial charge in [-0.15, -0.1) is 11.8 Å². The number of aliphatic hydroxyl groups excluding tert-OH is 1. The number of benzene rings is 3. The van der Waals surface area contributed by atoms with Gasteiger partial charge in [0.1, 0.15) is 0 Å². The van der Waals surface area contributed by atoms with Crippen molar-refractivity contribution in [2.45, 2.75) is 75.7 Å². The van der Waals surface area contributed by atoms with E-state index < -0.39 is 6.29 Å². The Morgan fingerprint density at radius 3 is 2.43 bits per heavy atom. The van der Waals surface area contributed by atoms with Crippen LogP contribution < -0.4 is 10.6 Å². The number of carbonyl (C=O) groups is 2. The number of rotatable bonds is 15. The molecule has 246 valence electrons. The second-order valence-corrected chi connectivity index (χ2v) is 12.8. The van der Waals surface area contributed by atoms with Gasteiger partial charge in [0, 0.05) is 50.4 Å². The van der Waals surface area contributed by atoms with Crippen molar-refractivity contribution in [1.82, 2.24) is 15.6 Å². The molecule has 1 fully saturated rings. The fourth-order valence-corrected chi connectivity index (χ4v) is 6.38. The van der Waals surface area contributed by atoms with Crippen LogP contribution in [0.2, 0.25) is 0 Å². The molecule has 3 atom stereocenters. The second-order valence-electron chi connectivity index (χ2n) is 11.7. The van der Waals surface area contributed by atoms with Gasteiger partial charge >= 0.3 is 0 Å². The van der Waals surface area contributed by atoms with Gasteiger partial charge in [-0.25, -0.2) is 4.98 Å². The predicted octanol–water partition coefficient (Wildman–Crippen LogP) is 6.89. The van der Waals surface area contributed by atoms with Gasteiger partial charge in [-0.3, -0.25) is 9.59 Å². The highest BCUT2D eigenvalue weighted by Gasteiger charge is 2.32. The molecule has 1 aromatic heterocycles. The average molecular weight is 654 g/mol. The molecule has 0 bridgehead atoms. The normalized spacial score (nSPS) is 17.6. The number of hydrogen-bond donors (Lipinski definition) is 3.